The number of para-hydroxylation sites is 1. The molecule has 3 heterocycles. The highest BCUT2D eigenvalue weighted by Gasteiger charge is 2.17. The number of hydrogen-bond donors (Lipinski definition) is 0. The van der Waals surface area contributed by atoms with Crippen LogP contribution in [0.4, 0.5) is 5.69 Å². The molecule has 0 N–H and O–H groups in total. The van der Waals surface area contributed by atoms with Crippen molar-refractivity contribution >= 4 is 38.1 Å². The van der Waals surface area contributed by atoms with Crippen LogP contribution < -0.4 is 10.3 Å². The van der Waals surface area contributed by atoms with Gasteiger partial charge in [-0.1, -0.05) is 12.1 Å². The fourth-order valence-electron chi connectivity index (χ4n) is 3.81. The van der Waals surface area contributed by atoms with Crippen molar-refractivity contribution in [1.82, 2.24) is 9.55 Å². The second kappa shape index (κ2) is 7.04. The molecule has 0 spiro atoms. The number of nitrogens with zero attached hydrogens (tertiary/aromatic N) is 3. The molecule has 1 aliphatic rings. The summed E-state index contributed by atoms with van der Waals surface area (Å²) in [4.78, 5) is 20.4. The maximum atomic E-state index is 13.4. The minimum absolute atomic E-state index is 0.0499. The van der Waals surface area contributed by atoms with E-state index in [0.29, 0.717) is 5.56 Å². The predicted octanol–water partition coefficient (Wildman–Crippen LogP) is 4.13. The van der Waals surface area contributed by atoms with E-state index in [1.165, 1.54) is 0 Å². The van der Waals surface area contributed by atoms with Crippen molar-refractivity contribution in [2.24, 2.45) is 0 Å². The Balaban J connectivity index is 1.70. The Morgan fingerprint density at radius 3 is 2.75 bits per heavy atom. The summed E-state index contributed by atoms with van der Waals surface area (Å²) < 4.78 is 8.70. The first kappa shape index (κ1) is 17.4. The van der Waals surface area contributed by atoms with E-state index in [9.17, 15) is 4.79 Å². The first-order valence-electron chi connectivity index (χ1n) is 9.60. The molecule has 0 atom stereocenters. The van der Waals surface area contributed by atoms with Crippen molar-refractivity contribution in [1.29, 1.82) is 0 Å². The van der Waals surface area contributed by atoms with Crippen LogP contribution in [-0.4, -0.2) is 35.9 Å². The number of aryl methyl sites for hydroxylation is 1. The van der Waals surface area contributed by atoms with Gasteiger partial charge >= 0.3 is 0 Å². The van der Waals surface area contributed by atoms with Crippen molar-refractivity contribution in [3.8, 4) is 10.6 Å². The Morgan fingerprint density at radius 1 is 1.14 bits per heavy atom. The molecule has 1 fully saturated rings. The molecule has 2 aromatic heterocycles. The Kier molecular flexibility index (Phi) is 4.37. The number of thiazole rings is 1. The normalized spacial score (nSPS) is 14.8. The first-order valence-corrected chi connectivity index (χ1v) is 10.4. The van der Waals surface area contributed by atoms with Gasteiger partial charge in [0, 0.05) is 36.9 Å². The molecule has 0 unspecified atom stereocenters. The summed E-state index contributed by atoms with van der Waals surface area (Å²) in [6.45, 7) is 6.05. The quantitative estimate of drug-likeness (QED) is 0.527. The SMILES string of the molecule is CCn1cc(-c2nc3ccccc3s2)c(=O)c2cc(N3CCOCC3)ccc21. The number of fused-ring (bicyclic) bond motifs is 2. The molecule has 142 valence electrons. The highest BCUT2D eigenvalue weighted by molar-refractivity contribution is 7.21. The van der Waals surface area contributed by atoms with Crippen LogP contribution >= 0.6 is 11.3 Å². The number of anilines is 1. The molecule has 0 saturated carbocycles. The lowest BCUT2D eigenvalue weighted by Gasteiger charge is -2.29. The third-order valence-corrected chi connectivity index (χ3v) is 6.37. The van der Waals surface area contributed by atoms with Crippen molar-refractivity contribution < 1.29 is 4.74 Å². The highest BCUT2D eigenvalue weighted by atomic mass is 32.1. The Bertz CT molecular complexity index is 1190. The number of ether oxygens (including phenoxy) is 1. The van der Waals surface area contributed by atoms with Crippen LogP contribution in [0.15, 0.2) is 53.5 Å². The van der Waals surface area contributed by atoms with Gasteiger partial charge in [-0.05, 0) is 37.3 Å². The minimum Gasteiger partial charge on any atom is -0.378 e. The zero-order valence-corrected chi connectivity index (χ0v) is 16.5. The maximum absolute atomic E-state index is 13.4. The summed E-state index contributed by atoms with van der Waals surface area (Å²) in [7, 11) is 0. The van der Waals surface area contributed by atoms with Crippen LogP contribution in [0.5, 0.6) is 0 Å². The van der Waals surface area contributed by atoms with Gasteiger partial charge in [-0.3, -0.25) is 4.79 Å². The molecule has 5 nitrogen and oxygen atoms in total. The minimum atomic E-state index is 0.0499. The summed E-state index contributed by atoms with van der Waals surface area (Å²) >= 11 is 1.57. The van der Waals surface area contributed by atoms with E-state index in [-0.39, 0.29) is 5.43 Å². The third-order valence-electron chi connectivity index (χ3n) is 5.30. The average Bonchev–Trinajstić information content (AvgIpc) is 3.18. The Labute approximate surface area is 166 Å². The van der Waals surface area contributed by atoms with Crippen molar-refractivity contribution in [2.45, 2.75) is 13.5 Å². The molecule has 1 aliphatic heterocycles. The van der Waals surface area contributed by atoms with Gasteiger partial charge in [-0.25, -0.2) is 4.98 Å². The zero-order valence-electron chi connectivity index (χ0n) is 15.7. The van der Waals surface area contributed by atoms with Crippen LogP contribution in [0.2, 0.25) is 0 Å². The number of morpholine rings is 1. The third kappa shape index (κ3) is 2.89. The summed E-state index contributed by atoms with van der Waals surface area (Å²) in [6, 6.07) is 14.2. The molecule has 0 bridgehead atoms. The summed E-state index contributed by atoms with van der Waals surface area (Å²) in [5, 5.41) is 1.54. The lowest BCUT2D eigenvalue weighted by atomic mass is 10.1. The monoisotopic (exact) mass is 391 g/mol. The van der Waals surface area contributed by atoms with Crippen LogP contribution in [0.3, 0.4) is 0 Å². The summed E-state index contributed by atoms with van der Waals surface area (Å²) in [5.41, 5.74) is 3.71. The highest BCUT2D eigenvalue weighted by Crippen LogP contribution is 2.30. The van der Waals surface area contributed by atoms with E-state index in [1.807, 2.05) is 36.5 Å². The van der Waals surface area contributed by atoms with Gasteiger partial charge in [0.2, 0.25) is 0 Å². The largest absolute Gasteiger partial charge is 0.378 e. The molecule has 28 heavy (non-hydrogen) atoms. The summed E-state index contributed by atoms with van der Waals surface area (Å²) in [6.07, 6.45) is 1.96. The molecule has 0 amide bonds. The van der Waals surface area contributed by atoms with Crippen LogP contribution in [0.25, 0.3) is 31.7 Å². The van der Waals surface area contributed by atoms with Gasteiger partial charge in [-0.2, -0.15) is 0 Å². The van der Waals surface area contributed by atoms with E-state index >= 15 is 0 Å². The Hall–Kier alpha value is -2.70. The van der Waals surface area contributed by atoms with Crippen molar-refractivity contribution in [3.05, 3.63) is 58.9 Å². The maximum Gasteiger partial charge on any atom is 0.199 e. The Morgan fingerprint density at radius 2 is 1.96 bits per heavy atom. The van der Waals surface area contributed by atoms with Gasteiger partial charge in [0.25, 0.3) is 0 Å². The zero-order chi connectivity index (χ0) is 19.1. The smallest absolute Gasteiger partial charge is 0.199 e. The molecule has 2 aromatic carbocycles. The van der Waals surface area contributed by atoms with Gasteiger partial charge in [-0.15, -0.1) is 11.3 Å². The van der Waals surface area contributed by atoms with Gasteiger partial charge in [0.15, 0.2) is 5.43 Å². The van der Waals surface area contributed by atoms with Crippen molar-refractivity contribution in [3.63, 3.8) is 0 Å². The molecular formula is C22H21N3O2S. The first-order chi connectivity index (χ1) is 13.7. The fraction of sp³-hybridized carbons (Fsp3) is 0.273. The lowest BCUT2D eigenvalue weighted by molar-refractivity contribution is 0.122. The summed E-state index contributed by atoms with van der Waals surface area (Å²) in [5.74, 6) is 0. The topological polar surface area (TPSA) is 47.4 Å². The van der Waals surface area contributed by atoms with E-state index in [0.717, 1.165) is 64.7 Å². The molecule has 1 saturated heterocycles. The van der Waals surface area contributed by atoms with Crippen LogP contribution in [0, 0.1) is 0 Å². The molecule has 4 aromatic rings. The van der Waals surface area contributed by atoms with E-state index in [4.69, 9.17) is 9.72 Å². The van der Waals surface area contributed by atoms with Crippen LogP contribution in [0.1, 0.15) is 6.92 Å². The molecular weight excluding hydrogens is 370 g/mol. The number of hydrogen-bond acceptors (Lipinski definition) is 5. The molecule has 6 heteroatoms. The number of benzene rings is 2. The van der Waals surface area contributed by atoms with Gasteiger partial charge in [0.1, 0.15) is 5.01 Å². The fourth-order valence-corrected chi connectivity index (χ4v) is 4.78. The van der Waals surface area contributed by atoms with Crippen LogP contribution in [-0.2, 0) is 11.3 Å². The molecule has 5 rings (SSSR count). The second-order valence-electron chi connectivity index (χ2n) is 6.95. The lowest BCUT2D eigenvalue weighted by Crippen LogP contribution is -2.36. The number of aromatic nitrogens is 2. The van der Waals surface area contributed by atoms with Crippen molar-refractivity contribution in [2.75, 3.05) is 31.2 Å². The van der Waals surface area contributed by atoms with Gasteiger partial charge in [0.05, 0.1) is 34.5 Å². The van der Waals surface area contributed by atoms with Gasteiger partial charge < -0.3 is 14.2 Å². The van der Waals surface area contributed by atoms with E-state index in [2.05, 4.69) is 28.5 Å². The molecule has 0 radical (unpaired) electrons. The van der Waals surface area contributed by atoms with E-state index in [1.54, 1.807) is 11.3 Å². The number of pyridine rings is 1. The molecule has 0 aliphatic carbocycles. The van der Waals surface area contributed by atoms with E-state index < -0.39 is 0 Å². The predicted molar refractivity (Wildman–Crippen MR) is 116 cm³/mol. The standard InChI is InChI=1S/C22H21N3O2S/c1-2-24-14-17(22-23-18-5-3-4-6-20(18)28-22)21(26)16-13-15(7-8-19(16)24)25-9-11-27-12-10-25/h3-8,13-14H,2,9-12H2,1H3. The second-order valence-corrected chi connectivity index (χ2v) is 7.98. The number of rotatable bonds is 3. The average molecular weight is 391 g/mol.